The van der Waals surface area contributed by atoms with Gasteiger partial charge >= 0.3 is 0 Å². The summed E-state index contributed by atoms with van der Waals surface area (Å²) in [6.45, 7) is 1.46. The molecule has 1 aromatic heterocycles. The fourth-order valence-corrected chi connectivity index (χ4v) is 2.88. The number of allylic oxidation sites excluding steroid dienone is 1. The number of carbonyl (C=O) groups is 1. The molecule has 1 fully saturated rings. The van der Waals surface area contributed by atoms with Crippen LogP contribution < -0.4 is 16.0 Å². The summed E-state index contributed by atoms with van der Waals surface area (Å²) in [5.74, 6) is -4.83. The normalized spacial score (nSPS) is 14.1. The van der Waals surface area contributed by atoms with Crippen LogP contribution in [0.15, 0.2) is 30.2 Å². The molecule has 0 spiro atoms. The van der Waals surface area contributed by atoms with Gasteiger partial charge in [0.05, 0.1) is 31.7 Å². The summed E-state index contributed by atoms with van der Waals surface area (Å²) >= 11 is 0. The standard InChI is InChI=1S/C20H21F4N7O2/c21-12-5-15(22)14(16(23)6-12)9-27-19-17(24)10-28-20(30-19)29-13(7-25)8-26-11-18(32)31-1-3-33-4-2-31/h5-8,10,25-26H,1-4,9,11H2,(H2,27,28,29,30)/b13-8+,25-7?. The first-order chi connectivity index (χ1) is 15.9. The number of anilines is 2. The molecule has 0 bridgehead atoms. The Balaban J connectivity index is 1.61. The van der Waals surface area contributed by atoms with E-state index in [0.717, 1.165) is 12.4 Å². The molecule has 3 rings (SSSR count). The van der Waals surface area contributed by atoms with Gasteiger partial charge in [0.25, 0.3) is 0 Å². The molecule has 33 heavy (non-hydrogen) atoms. The number of aromatic nitrogens is 2. The monoisotopic (exact) mass is 467 g/mol. The molecule has 2 heterocycles. The Morgan fingerprint density at radius 1 is 1.15 bits per heavy atom. The van der Waals surface area contributed by atoms with Gasteiger partial charge in [-0.1, -0.05) is 0 Å². The summed E-state index contributed by atoms with van der Waals surface area (Å²) in [7, 11) is 0. The molecule has 2 aromatic rings. The van der Waals surface area contributed by atoms with E-state index in [-0.39, 0.29) is 29.9 Å². The van der Waals surface area contributed by atoms with Crippen LogP contribution in [0.3, 0.4) is 0 Å². The third kappa shape index (κ3) is 6.62. The van der Waals surface area contributed by atoms with Gasteiger partial charge in [0, 0.05) is 49.7 Å². The predicted molar refractivity (Wildman–Crippen MR) is 112 cm³/mol. The summed E-state index contributed by atoms with van der Waals surface area (Å²) in [4.78, 5) is 21.4. The smallest absolute Gasteiger partial charge is 0.242 e. The Morgan fingerprint density at radius 3 is 2.52 bits per heavy atom. The van der Waals surface area contributed by atoms with E-state index in [2.05, 4.69) is 25.9 Å². The second kappa shape index (κ2) is 11.2. The van der Waals surface area contributed by atoms with E-state index < -0.39 is 35.4 Å². The number of morpholine rings is 1. The average molecular weight is 467 g/mol. The fraction of sp³-hybridized carbons (Fsp3) is 0.300. The minimum absolute atomic E-state index is 0.00903. The fourth-order valence-electron chi connectivity index (χ4n) is 2.88. The molecule has 1 aromatic carbocycles. The molecule has 0 aliphatic carbocycles. The molecule has 1 aliphatic heterocycles. The number of hydrogen-bond acceptors (Lipinski definition) is 8. The SMILES string of the molecule is N=C/C(=C\NCC(=O)N1CCOCC1)Nc1ncc(F)c(NCc2c(F)cc(F)cc2F)n1. The highest BCUT2D eigenvalue weighted by Crippen LogP contribution is 2.18. The van der Waals surface area contributed by atoms with E-state index in [0.29, 0.717) is 38.4 Å². The zero-order chi connectivity index (χ0) is 23.8. The van der Waals surface area contributed by atoms with Crippen molar-refractivity contribution in [2.75, 3.05) is 43.5 Å². The summed E-state index contributed by atoms with van der Waals surface area (Å²) in [6, 6.07) is 1.03. The maximum atomic E-state index is 14.0. The summed E-state index contributed by atoms with van der Waals surface area (Å²) in [5, 5.41) is 15.4. The van der Waals surface area contributed by atoms with Gasteiger partial charge < -0.3 is 31.0 Å². The van der Waals surface area contributed by atoms with Crippen LogP contribution in [-0.2, 0) is 16.1 Å². The zero-order valence-electron chi connectivity index (χ0n) is 17.3. The van der Waals surface area contributed by atoms with Crippen LogP contribution in [0.1, 0.15) is 5.56 Å². The van der Waals surface area contributed by atoms with Gasteiger partial charge in [0.2, 0.25) is 11.9 Å². The Labute approximate surface area is 186 Å². The van der Waals surface area contributed by atoms with E-state index in [1.165, 1.54) is 6.20 Å². The minimum Gasteiger partial charge on any atom is -0.380 e. The first-order valence-corrected chi connectivity index (χ1v) is 9.83. The number of carbonyl (C=O) groups excluding carboxylic acids is 1. The zero-order valence-corrected chi connectivity index (χ0v) is 17.3. The molecular weight excluding hydrogens is 446 g/mol. The summed E-state index contributed by atoms with van der Waals surface area (Å²) < 4.78 is 59.8. The van der Waals surface area contributed by atoms with E-state index >= 15 is 0 Å². The lowest BCUT2D eigenvalue weighted by atomic mass is 10.2. The number of benzene rings is 1. The number of rotatable bonds is 9. The Hall–Kier alpha value is -3.74. The van der Waals surface area contributed by atoms with E-state index in [4.69, 9.17) is 10.1 Å². The van der Waals surface area contributed by atoms with Crippen molar-refractivity contribution in [2.45, 2.75) is 6.54 Å². The van der Waals surface area contributed by atoms with E-state index in [9.17, 15) is 22.4 Å². The molecule has 13 heteroatoms. The van der Waals surface area contributed by atoms with Crippen molar-refractivity contribution in [3.8, 4) is 0 Å². The van der Waals surface area contributed by atoms with Gasteiger partial charge in [-0.15, -0.1) is 0 Å². The lowest BCUT2D eigenvalue weighted by Crippen LogP contribution is -2.44. The second-order valence-corrected chi connectivity index (χ2v) is 6.83. The van der Waals surface area contributed by atoms with Gasteiger partial charge in [0.15, 0.2) is 11.6 Å². The molecular formula is C20H21F4N7O2. The predicted octanol–water partition coefficient (Wildman–Crippen LogP) is 2.00. The molecule has 1 aliphatic rings. The van der Waals surface area contributed by atoms with Crippen molar-refractivity contribution in [2.24, 2.45) is 0 Å². The first-order valence-electron chi connectivity index (χ1n) is 9.83. The van der Waals surface area contributed by atoms with Crippen LogP contribution in [0.5, 0.6) is 0 Å². The Morgan fingerprint density at radius 2 is 1.85 bits per heavy atom. The summed E-state index contributed by atoms with van der Waals surface area (Å²) in [5.41, 5.74) is -0.323. The molecule has 0 radical (unpaired) electrons. The van der Waals surface area contributed by atoms with Gasteiger partial charge in [-0.2, -0.15) is 4.98 Å². The van der Waals surface area contributed by atoms with Gasteiger partial charge in [-0.3, -0.25) is 4.79 Å². The number of ether oxygens (including phenoxy) is 1. The molecule has 0 saturated carbocycles. The molecule has 9 nitrogen and oxygen atoms in total. The van der Waals surface area contributed by atoms with Gasteiger partial charge in [-0.25, -0.2) is 22.5 Å². The van der Waals surface area contributed by atoms with Crippen LogP contribution in [0, 0.1) is 28.7 Å². The number of nitrogens with one attached hydrogen (secondary N) is 4. The number of hydrogen-bond donors (Lipinski definition) is 4. The number of amides is 1. The molecule has 176 valence electrons. The Bertz CT molecular complexity index is 1020. The van der Waals surface area contributed by atoms with Crippen LogP contribution in [-0.4, -0.2) is 59.8 Å². The highest BCUT2D eigenvalue weighted by atomic mass is 19.1. The minimum atomic E-state index is -1.13. The van der Waals surface area contributed by atoms with Crippen molar-refractivity contribution < 1.29 is 27.1 Å². The third-order valence-electron chi connectivity index (χ3n) is 4.57. The molecule has 0 unspecified atom stereocenters. The second-order valence-electron chi connectivity index (χ2n) is 6.83. The molecule has 1 saturated heterocycles. The highest BCUT2D eigenvalue weighted by Gasteiger charge is 2.16. The highest BCUT2D eigenvalue weighted by molar-refractivity contribution is 5.81. The first kappa shape index (κ1) is 23.9. The van der Waals surface area contributed by atoms with Crippen molar-refractivity contribution in [1.29, 1.82) is 5.41 Å². The van der Waals surface area contributed by atoms with Crippen molar-refractivity contribution in [3.05, 3.63) is 59.1 Å². The van der Waals surface area contributed by atoms with Crippen molar-refractivity contribution >= 4 is 23.9 Å². The largest absolute Gasteiger partial charge is 0.380 e. The maximum absolute atomic E-state index is 14.0. The van der Waals surface area contributed by atoms with Gasteiger partial charge in [0.1, 0.15) is 17.5 Å². The van der Waals surface area contributed by atoms with Crippen molar-refractivity contribution in [1.82, 2.24) is 20.2 Å². The van der Waals surface area contributed by atoms with Crippen LogP contribution in [0.4, 0.5) is 29.3 Å². The third-order valence-corrected chi connectivity index (χ3v) is 4.57. The quantitative estimate of drug-likeness (QED) is 0.329. The van der Waals surface area contributed by atoms with E-state index in [1.54, 1.807) is 4.90 Å². The average Bonchev–Trinajstić information content (AvgIpc) is 2.80. The molecule has 1 amide bonds. The lowest BCUT2D eigenvalue weighted by Gasteiger charge is -2.26. The molecule has 0 atom stereocenters. The summed E-state index contributed by atoms with van der Waals surface area (Å²) in [6.07, 6.45) is 3.11. The lowest BCUT2D eigenvalue weighted by molar-refractivity contribution is -0.134. The van der Waals surface area contributed by atoms with Crippen molar-refractivity contribution in [3.63, 3.8) is 0 Å². The number of halogens is 4. The molecule has 4 N–H and O–H groups in total. The van der Waals surface area contributed by atoms with E-state index in [1.807, 2.05) is 0 Å². The van der Waals surface area contributed by atoms with Gasteiger partial charge in [-0.05, 0) is 0 Å². The maximum Gasteiger partial charge on any atom is 0.242 e. The van der Waals surface area contributed by atoms with Crippen LogP contribution in [0.2, 0.25) is 0 Å². The Kier molecular flexibility index (Phi) is 8.13. The topological polar surface area (TPSA) is 115 Å². The van der Waals surface area contributed by atoms with Crippen LogP contribution in [0.25, 0.3) is 0 Å². The number of nitrogens with zero attached hydrogens (tertiary/aromatic N) is 3. The van der Waals surface area contributed by atoms with Crippen LogP contribution >= 0.6 is 0 Å².